The lowest BCUT2D eigenvalue weighted by atomic mass is 9.93. The van der Waals surface area contributed by atoms with E-state index < -0.39 is 0 Å². The molecule has 1 aliphatic carbocycles. The number of thiazole rings is 1. The maximum atomic E-state index is 14.2. The van der Waals surface area contributed by atoms with E-state index in [0.717, 1.165) is 28.7 Å². The van der Waals surface area contributed by atoms with Crippen molar-refractivity contribution in [3.63, 3.8) is 0 Å². The Hall–Kier alpha value is -1.16. The number of nitrogens with zero attached hydrogens (tertiary/aromatic N) is 1. The van der Waals surface area contributed by atoms with Crippen molar-refractivity contribution in [1.82, 2.24) is 4.98 Å². The number of anilines is 1. The van der Waals surface area contributed by atoms with Gasteiger partial charge in [0.1, 0.15) is 5.82 Å². The van der Waals surface area contributed by atoms with Crippen molar-refractivity contribution in [2.75, 3.05) is 5.73 Å². The minimum atomic E-state index is -0.103. The summed E-state index contributed by atoms with van der Waals surface area (Å²) in [5.74, 6) is 0.623. The second-order valence-electron chi connectivity index (χ2n) is 5.02. The first-order valence-electron chi connectivity index (χ1n) is 5.96. The number of hydrogen-bond acceptors (Lipinski definition) is 3. The molecule has 2 aromatic rings. The molecule has 0 saturated heterocycles. The molecule has 1 saturated carbocycles. The van der Waals surface area contributed by atoms with Crippen LogP contribution in [0.5, 0.6) is 0 Å². The number of aromatic nitrogens is 1. The van der Waals surface area contributed by atoms with Crippen LogP contribution in [-0.2, 0) is 0 Å². The predicted octanol–water partition coefficient (Wildman–Crippen LogP) is 4.02. The lowest BCUT2D eigenvalue weighted by Gasteiger charge is -2.14. The zero-order valence-corrected chi connectivity index (χ0v) is 10.8. The molecule has 3 rings (SSSR count). The third-order valence-electron chi connectivity index (χ3n) is 3.29. The quantitative estimate of drug-likeness (QED) is 0.874. The first-order valence-corrected chi connectivity index (χ1v) is 6.78. The summed E-state index contributed by atoms with van der Waals surface area (Å²) in [6.45, 7) is 4.21. The van der Waals surface area contributed by atoms with Crippen LogP contribution >= 0.6 is 11.3 Å². The van der Waals surface area contributed by atoms with E-state index in [-0.39, 0.29) is 5.82 Å². The Morgan fingerprint density at radius 3 is 2.76 bits per heavy atom. The van der Waals surface area contributed by atoms with Gasteiger partial charge in [-0.25, -0.2) is 9.37 Å². The Labute approximate surface area is 104 Å². The van der Waals surface area contributed by atoms with Gasteiger partial charge in [-0.2, -0.15) is 0 Å². The van der Waals surface area contributed by atoms with Crippen LogP contribution in [0.4, 0.5) is 9.52 Å². The van der Waals surface area contributed by atoms with Gasteiger partial charge < -0.3 is 5.73 Å². The number of fused-ring (bicyclic) bond motifs is 1. The van der Waals surface area contributed by atoms with Crippen molar-refractivity contribution >= 4 is 26.7 Å². The van der Waals surface area contributed by atoms with Crippen LogP contribution in [0, 0.1) is 5.82 Å². The Kier molecular flexibility index (Phi) is 2.36. The SMILES string of the molecule is CC(C)c1c(C2CC2)c(F)cc2nc(N)sc12. The average molecular weight is 250 g/mol. The number of benzene rings is 1. The van der Waals surface area contributed by atoms with Crippen LogP contribution in [0.15, 0.2) is 6.07 Å². The van der Waals surface area contributed by atoms with Gasteiger partial charge in [-0.15, -0.1) is 0 Å². The summed E-state index contributed by atoms with van der Waals surface area (Å²) < 4.78 is 15.2. The Bertz CT molecular complexity index is 585. The largest absolute Gasteiger partial charge is 0.375 e. The first kappa shape index (κ1) is 11.0. The third-order valence-corrected chi connectivity index (χ3v) is 4.22. The molecule has 0 unspecified atom stereocenters. The van der Waals surface area contributed by atoms with Gasteiger partial charge in [-0.3, -0.25) is 0 Å². The van der Waals surface area contributed by atoms with Crippen molar-refractivity contribution in [2.24, 2.45) is 0 Å². The highest BCUT2D eigenvalue weighted by Gasteiger charge is 2.31. The maximum absolute atomic E-state index is 14.2. The minimum Gasteiger partial charge on any atom is -0.375 e. The highest BCUT2D eigenvalue weighted by molar-refractivity contribution is 7.22. The van der Waals surface area contributed by atoms with Gasteiger partial charge in [0.05, 0.1) is 10.2 Å². The van der Waals surface area contributed by atoms with Gasteiger partial charge in [0.25, 0.3) is 0 Å². The molecule has 2 nitrogen and oxygen atoms in total. The van der Waals surface area contributed by atoms with Gasteiger partial charge >= 0.3 is 0 Å². The van der Waals surface area contributed by atoms with Gasteiger partial charge in [-0.05, 0) is 35.8 Å². The molecule has 1 fully saturated rings. The van der Waals surface area contributed by atoms with Crippen LogP contribution in [0.3, 0.4) is 0 Å². The third kappa shape index (κ3) is 1.71. The summed E-state index contributed by atoms with van der Waals surface area (Å²) in [5.41, 5.74) is 8.48. The molecule has 0 radical (unpaired) electrons. The van der Waals surface area contributed by atoms with E-state index in [9.17, 15) is 4.39 Å². The fraction of sp³-hybridized carbons (Fsp3) is 0.462. The molecule has 0 atom stereocenters. The van der Waals surface area contributed by atoms with Crippen LogP contribution in [-0.4, -0.2) is 4.98 Å². The normalized spacial score (nSPS) is 16.0. The van der Waals surface area contributed by atoms with Crippen LogP contribution in [0.2, 0.25) is 0 Å². The Morgan fingerprint density at radius 1 is 1.47 bits per heavy atom. The average Bonchev–Trinajstić information content (AvgIpc) is 2.99. The molecule has 17 heavy (non-hydrogen) atoms. The molecule has 1 aromatic heterocycles. The Morgan fingerprint density at radius 2 is 2.18 bits per heavy atom. The zero-order valence-electron chi connectivity index (χ0n) is 9.96. The van der Waals surface area contributed by atoms with Gasteiger partial charge in [0, 0.05) is 6.07 Å². The van der Waals surface area contributed by atoms with E-state index in [1.165, 1.54) is 11.3 Å². The molecule has 0 bridgehead atoms. The fourth-order valence-electron chi connectivity index (χ4n) is 2.45. The molecule has 1 aromatic carbocycles. The standard InChI is InChI=1S/C13H15FN2S/c1-6(2)10-11(7-3-4-7)8(14)5-9-12(10)17-13(15)16-9/h5-7H,3-4H2,1-2H3,(H2,15,16). The molecule has 1 heterocycles. The molecule has 0 spiro atoms. The molecule has 4 heteroatoms. The smallest absolute Gasteiger partial charge is 0.181 e. The van der Waals surface area contributed by atoms with Crippen molar-refractivity contribution in [1.29, 1.82) is 0 Å². The van der Waals surface area contributed by atoms with E-state index in [1.54, 1.807) is 6.07 Å². The lowest BCUT2D eigenvalue weighted by molar-refractivity contribution is 0.606. The number of hydrogen-bond donors (Lipinski definition) is 1. The predicted molar refractivity (Wildman–Crippen MR) is 70.1 cm³/mol. The molecule has 0 amide bonds. The maximum Gasteiger partial charge on any atom is 0.181 e. The van der Waals surface area contributed by atoms with Crippen LogP contribution < -0.4 is 5.73 Å². The Balaban J connectivity index is 2.36. The van der Waals surface area contributed by atoms with Gasteiger partial charge in [0.15, 0.2) is 5.13 Å². The monoisotopic (exact) mass is 250 g/mol. The molecule has 1 aliphatic rings. The van der Waals surface area contributed by atoms with Crippen LogP contribution in [0.1, 0.15) is 49.7 Å². The summed E-state index contributed by atoms with van der Waals surface area (Å²) in [6, 6.07) is 1.54. The van der Waals surface area contributed by atoms with Crippen molar-refractivity contribution in [2.45, 2.75) is 38.5 Å². The molecule has 2 N–H and O–H groups in total. The van der Waals surface area contributed by atoms with Crippen LogP contribution in [0.25, 0.3) is 10.2 Å². The van der Waals surface area contributed by atoms with Gasteiger partial charge in [-0.1, -0.05) is 25.2 Å². The summed E-state index contributed by atoms with van der Waals surface area (Å²) >= 11 is 1.48. The van der Waals surface area contributed by atoms with Crippen molar-refractivity contribution in [3.8, 4) is 0 Å². The second kappa shape index (κ2) is 3.67. The molecule has 90 valence electrons. The fourth-order valence-corrected chi connectivity index (χ4v) is 3.47. The highest BCUT2D eigenvalue weighted by Crippen LogP contribution is 2.47. The number of halogens is 1. The minimum absolute atomic E-state index is 0.103. The summed E-state index contributed by atoms with van der Waals surface area (Å²) in [7, 11) is 0. The summed E-state index contributed by atoms with van der Waals surface area (Å²) in [6.07, 6.45) is 2.22. The highest BCUT2D eigenvalue weighted by atomic mass is 32.1. The first-order chi connectivity index (χ1) is 8.08. The van der Waals surface area contributed by atoms with Crippen molar-refractivity contribution < 1.29 is 4.39 Å². The number of rotatable bonds is 2. The summed E-state index contributed by atoms with van der Waals surface area (Å²) in [4.78, 5) is 4.19. The lowest BCUT2D eigenvalue weighted by Crippen LogP contribution is -1.99. The van der Waals surface area contributed by atoms with E-state index >= 15 is 0 Å². The number of nitrogens with two attached hydrogens (primary N) is 1. The zero-order chi connectivity index (χ0) is 12.2. The molecule has 0 aliphatic heterocycles. The van der Waals surface area contributed by atoms with E-state index in [4.69, 9.17) is 5.73 Å². The topological polar surface area (TPSA) is 38.9 Å². The number of nitrogen functional groups attached to an aromatic ring is 1. The van der Waals surface area contributed by atoms with E-state index in [0.29, 0.717) is 22.5 Å². The molecular weight excluding hydrogens is 235 g/mol. The van der Waals surface area contributed by atoms with E-state index in [2.05, 4.69) is 18.8 Å². The van der Waals surface area contributed by atoms with E-state index in [1.807, 2.05) is 0 Å². The molecular formula is C13H15FN2S. The second-order valence-corrected chi connectivity index (χ2v) is 6.05. The van der Waals surface area contributed by atoms with Gasteiger partial charge in [0.2, 0.25) is 0 Å². The van der Waals surface area contributed by atoms with Crippen molar-refractivity contribution in [3.05, 3.63) is 23.0 Å². The summed E-state index contributed by atoms with van der Waals surface area (Å²) in [5, 5.41) is 0.522.